The van der Waals surface area contributed by atoms with Crippen molar-refractivity contribution in [2.45, 2.75) is 38.3 Å². The quantitative estimate of drug-likeness (QED) is 0.915. The van der Waals surface area contributed by atoms with Crippen LogP contribution in [0, 0.1) is 0 Å². The van der Waals surface area contributed by atoms with E-state index in [1.54, 1.807) is 4.90 Å². The van der Waals surface area contributed by atoms with E-state index < -0.39 is 23.1 Å². The molecule has 1 heterocycles. The molecule has 0 radical (unpaired) electrons. The lowest BCUT2D eigenvalue weighted by Gasteiger charge is -2.25. The lowest BCUT2D eigenvalue weighted by atomic mass is 9.83. The van der Waals surface area contributed by atoms with E-state index in [1.807, 2.05) is 0 Å². The van der Waals surface area contributed by atoms with Crippen molar-refractivity contribution in [1.82, 2.24) is 10.2 Å². The van der Waals surface area contributed by atoms with Crippen LogP contribution in [0.4, 0.5) is 13.2 Å². The van der Waals surface area contributed by atoms with Crippen LogP contribution in [-0.4, -0.2) is 36.3 Å². The molecule has 24 heavy (non-hydrogen) atoms. The van der Waals surface area contributed by atoms with E-state index in [9.17, 15) is 22.8 Å². The summed E-state index contributed by atoms with van der Waals surface area (Å²) in [6.45, 7) is 4.31. The van der Waals surface area contributed by atoms with E-state index in [4.69, 9.17) is 0 Å². The number of likely N-dealkylation sites (tertiary alicyclic amines) is 1. The summed E-state index contributed by atoms with van der Waals surface area (Å²) in [7, 11) is 0. The van der Waals surface area contributed by atoms with Gasteiger partial charge in [-0.2, -0.15) is 13.2 Å². The Balaban J connectivity index is 2.05. The molecule has 132 valence electrons. The van der Waals surface area contributed by atoms with Crippen LogP contribution in [0.5, 0.6) is 0 Å². The molecule has 0 saturated carbocycles. The Labute approximate surface area is 139 Å². The predicted molar refractivity (Wildman–Crippen MR) is 83.3 cm³/mol. The SMILES string of the molecule is CC(C)(C(=O)NCC(=O)N1CCCC1)c1cccc(C(F)(F)F)c1. The maximum Gasteiger partial charge on any atom is 0.416 e. The molecule has 7 heteroatoms. The zero-order chi connectivity index (χ0) is 18.0. The first-order valence-electron chi connectivity index (χ1n) is 7.86. The first-order valence-corrected chi connectivity index (χ1v) is 7.86. The number of rotatable bonds is 4. The van der Waals surface area contributed by atoms with Crippen LogP contribution in [0.15, 0.2) is 24.3 Å². The van der Waals surface area contributed by atoms with E-state index in [0.29, 0.717) is 13.1 Å². The largest absolute Gasteiger partial charge is 0.416 e. The summed E-state index contributed by atoms with van der Waals surface area (Å²) in [6.07, 6.45) is -2.56. The molecule has 1 fully saturated rings. The van der Waals surface area contributed by atoms with Crippen LogP contribution < -0.4 is 5.32 Å². The number of alkyl halides is 3. The third-order valence-electron chi connectivity index (χ3n) is 4.34. The van der Waals surface area contributed by atoms with Gasteiger partial charge < -0.3 is 10.2 Å². The molecule has 0 spiro atoms. The van der Waals surface area contributed by atoms with Crippen molar-refractivity contribution in [1.29, 1.82) is 0 Å². The number of nitrogens with zero attached hydrogens (tertiary/aromatic N) is 1. The smallest absolute Gasteiger partial charge is 0.346 e. The molecule has 0 bridgehead atoms. The number of amides is 2. The Morgan fingerprint density at radius 3 is 2.29 bits per heavy atom. The summed E-state index contributed by atoms with van der Waals surface area (Å²) in [5.74, 6) is -0.643. The van der Waals surface area contributed by atoms with Gasteiger partial charge in [0, 0.05) is 13.1 Å². The molecule has 1 N–H and O–H groups in total. The van der Waals surface area contributed by atoms with Gasteiger partial charge in [-0.3, -0.25) is 9.59 Å². The van der Waals surface area contributed by atoms with Gasteiger partial charge in [0.2, 0.25) is 11.8 Å². The molecule has 0 atom stereocenters. The lowest BCUT2D eigenvalue weighted by Crippen LogP contribution is -2.45. The Hall–Kier alpha value is -2.05. The highest BCUT2D eigenvalue weighted by Crippen LogP contribution is 2.32. The van der Waals surface area contributed by atoms with E-state index in [2.05, 4.69) is 5.32 Å². The molecule has 0 aromatic heterocycles. The van der Waals surface area contributed by atoms with Gasteiger partial charge in [0.1, 0.15) is 0 Å². The van der Waals surface area contributed by atoms with E-state index in [-0.39, 0.29) is 18.0 Å². The van der Waals surface area contributed by atoms with Crippen LogP contribution in [0.3, 0.4) is 0 Å². The summed E-state index contributed by atoms with van der Waals surface area (Å²) < 4.78 is 38.5. The summed E-state index contributed by atoms with van der Waals surface area (Å²) in [4.78, 5) is 26.0. The third kappa shape index (κ3) is 4.07. The van der Waals surface area contributed by atoms with E-state index in [1.165, 1.54) is 26.0 Å². The number of hydrogen-bond donors (Lipinski definition) is 1. The first kappa shape index (κ1) is 18.3. The normalized spacial score (nSPS) is 15.5. The van der Waals surface area contributed by atoms with Gasteiger partial charge in [0.15, 0.2) is 0 Å². The number of carbonyl (C=O) groups is 2. The molecule has 1 aliphatic heterocycles. The number of carbonyl (C=O) groups excluding carboxylic acids is 2. The zero-order valence-electron chi connectivity index (χ0n) is 13.7. The van der Waals surface area contributed by atoms with Crippen molar-refractivity contribution in [3.8, 4) is 0 Å². The second kappa shape index (κ2) is 6.83. The van der Waals surface area contributed by atoms with Gasteiger partial charge in [-0.25, -0.2) is 0 Å². The molecule has 1 aliphatic rings. The van der Waals surface area contributed by atoms with Crippen LogP contribution in [0.2, 0.25) is 0 Å². The van der Waals surface area contributed by atoms with Gasteiger partial charge >= 0.3 is 6.18 Å². The Morgan fingerprint density at radius 2 is 1.71 bits per heavy atom. The van der Waals surface area contributed by atoms with Crippen molar-refractivity contribution in [2.24, 2.45) is 0 Å². The fraction of sp³-hybridized carbons (Fsp3) is 0.529. The molecule has 2 rings (SSSR count). The summed E-state index contributed by atoms with van der Waals surface area (Å²) in [5.41, 5.74) is -1.72. The van der Waals surface area contributed by atoms with E-state index in [0.717, 1.165) is 25.0 Å². The highest BCUT2D eigenvalue weighted by atomic mass is 19.4. The fourth-order valence-corrected chi connectivity index (χ4v) is 2.67. The van der Waals surface area contributed by atoms with Gasteiger partial charge in [-0.15, -0.1) is 0 Å². The van der Waals surface area contributed by atoms with Crippen molar-refractivity contribution >= 4 is 11.8 Å². The van der Waals surface area contributed by atoms with Crippen LogP contribution in [0.1, 0.15) is 37.8 Å². The van der Waals surface area contributed by atoms with Gasteiger partial charge in [0.25, 0.3) is 0 Å². The van der Waals surface area contributed by atoms with Crippen molar-refractivity contribution in [2.75, 3.05) is 19.6 Å². The molecule has 4 nitrogen and oxygen atoms in total. The number of halogens is 3. The third-order valence-corrected chi connectivity index (χ3v) is 4.34. The van der Waals surface area contributed by atoms with Crippen molar-refractivity contribution in [3.63, 3.8) is 0 Å². The van der Waals surface area contributed by atoms with Crippen LogP contribution in [0.25, 0.3) is 0 Å². The second-order valence-corrected chi connectivity index (χ2v) is 6.47. The Morgan fingerprint density at radius 1 is 1.12 bits per heavy atom. The van der Waals surface area contributed by atoms with Gasteiger partial charge in [-0.1, -0.05) is 18.2 Å². The molecular formula is C17H21F3N2O2. The number of benzene rings is 1. The maximum atomic E-state index is 12.8. The van der Waals surface area contributed by atoms with Gasteiger partial charge in [-0.05, 0) is 38.3 Å². The van der Waals surface area contributed by atoms with Gasteiger partial charge in [0.05, 0.1) is 17.5 Å². The minimum Gasteiger partial charge on any atom is -0.346 e. The highest BCUT2D eigenvalue weighted by molar-refractivity contribution is 5.91. The van der Waals surface area contributed by atoms with Crippen molar-refractivity contribution in [3.05, 3.63) is 35.4 Å². The average molecular weight is 342 g/mol. The molecule has 0 unspecified atom stereocenters. The molecule has 2 amide bonds. The Bertz CT molecular complexity index is 621. The first-order chi connectivity index (χ1) is 11.1. The second-order valence-electron chi connectivity index (χ2n) is 6.47. The Kier molecular flexibility index (Phi) is 5.20. The fourth-order valence-electron chi connectivity index (χ4n) is 2.67. The molecule has 0 aliphatic carbocycles. The minimum atomic E-state index is -4.46. The molecule has 1 aromatic carbocycles. The standard InChI is InChI=1S/C17H21F3N2O2/c1-16(2,12-6-5-7-13(10-12)17(18,19)20)15(24)21-11-14(23)22-8-3-4-9-22/h5-7,10H,3-4,8-9,11H2,1-2H3,(H,21,24). The highest BCUT2D eigenvalue weighted by Gasteiger charge is 2.35. The molecular weight excluding hydrogens is 321 g/mol. The molecule has 1 saturated heterocycles. The van der Waals surface area contributed by atoms with E-state index >= 15 is 0 Å². The van der Waals surface area contributed by atoms with Crippen LogP contribution >= 0.6 is 0 Å². The zero-order valence-corrected chi connectivity index (χ0v) is 13.7. The monoisotopic (exact) mass is 342 g/mol. The lowest BCUT2D eigenvalue weighted by molar-refractivity contribution is -0.137. The van der Waals surface area contributed by atoms with Crippen molar-refractivity contribution < 1.29 is 22.8 Å². The number of hydrogen-bond acceptors (Lipinski definition) is 2. The number of nitrogens with one attached hydrogen (secondary N) is 1. The summed E-state index contributed by atoms with van der Waals surface area (Å²) in [6, 6.07) is 4.70. The molecule has 1 aromatic rings. The minimum absolute atomic E-state index is 0.138. The topological polar surface area (TPSA) is 49.4 Å². The predicted octanol–water partition coefficient (Wildman–Crippen LogP) is 2.72. The maximum absolute atomic E-state index is 12.8. The average Bonchev–Trinajstić information content (AvgIpc) is 3.06. The summed E-state index contributed by atoms with van der Waals surface area (Å²) in [5, 5.41) is 2.54. The summed E-state index contributed by atoms with van der Waals surface area (Å²) >= 11 is 0. The van der Waals surface area contributed by atoms with Crippen LogP contribution in [-0.2, 0) is 21.2 Å².